The largest absolute Gasteiger partial charge is 0.494 e. The van der Waals surface area contributed by atoms with Gasteiger partial charge in [0.25, 0.3) is 0 Å². The van der Waals surface area contributed by atoms with Crippen LogP contribution in [0, 0.1) is 0 Å². The second-order valence-electron chi connectivity index (χ2n) is 7.37. The minimum Gasteiger partial charge on any atom is -0.494 e. The standard InChI is InChI=1S/C22H33FN6O/c1-17(19(3)23)14-20(15-24)21-16-26-22(29(21)25)7-6-18(2)30-13-5-8-28-11-9-27(4)10-12-28/h6-7,14-16H,2-3,5,8-13,24-25H2,1,4H3/b7-6-,17-14-,20-15+. The molecule has 0 aliphatic carbocycles. The Morgan fingerprint density at radius 2 is 2.00 bits per heavy atom. The molecular weight excluding hydrogens is 383 g/mol. The van der Waals surface area contributed by atoms with Crippen molar-refractivity contribution in [3.05, 3.63) is 66.4 Å². The fourth-order valence-electron chi connectivity index (χ4n) is 3.01. The molecule has 0 saturated carbocycles. The summed E-state index contributed by atoms with van der Waals surface area (Å²) < 4.78 is 20.3. The highest BCUT2D eigenvalue weighted by Crippen LogP contribution is 2.20. The molecule has 0 unspecified atom stereocenters. The minimum absolute atomic E-state index is 0.364. The first-order chi connectivity index (χ1) is 14.3. The Kier molecular flexibility index (Phi) is 8.89. The zero-order chi connectivity index (χ0) is 22.1. The summed E-state index contributed by atoms with van der Waals surface area (Å²) in [6, 6.07) is 0. The van der Waals surface area contributed by atoms with Gasteiger partial charge in [-0.1, -0.05) is 13.2 Å². The smallest absolute Gasteiger partial charge is 0.151 e. The number of likely N-dealkylation sites (N-methyl/N-ethyl adjacent to an activating group) is 1. The Hall–Kier alpha value is -2.84. The molecule has 7 nitrogen and oxygen atoms in total. The van der Waals surface area contributed by atoms with E-state index >= 15 is 0 Å². The molecule has 1 aromatic heterocycles. The summed E-state index contributed by atoms with van der Waals surface area (Å²) in [6.45, 7) is 14.9. The van der Waals surface area contributed by atoms with E-state index in [2.05, 4.69) is 35.0 Å². The first-order valence-electron chi connectivity index (χ1n) is 10.0. The number of nitrogens with two attached hydrogens (primary N) is 2. The van der Waals surface area contributed by atoms with Crippen LogP contribution >= 0.6 is 0 Å². The number of rotatable bonds is 10. The first-order valence-corrected chi connectivity index (χ1v) is 10.0. The van der Waals surface area contributed by atoms with Gasteiger partial charge in [-0.25, -0.2) is 14.1 Å². The molecule has 1 aliphatic rings. The Balaban J connectivity index is 1.85. The number of nitrogen functional groups attached to an aromatic ring is 1. The molecule has 2 heterocycles. The summed E-state index contributed by atoms with van der Waals surface area (Å²) in [7, 11) is 2.15. The van der Waals surface area contributed by atoms with Crippen molar-refractivity contribution in [3.63, 3.8) is 0 Å². The van der Waals surface area contributed by atoms with Gasteiger partial charge in [0, 0.05) is 44.5 Å². The quantitative estimate of drug-likeness (QED) is 0.264. The summed E-state index contributed by atoms with van der Waals surface area (Å²) in [5.74, 6) is 6.62. The molecule has 30 heavy (non-hydrogen) atoms. The number of hydrogen-bond acceptors (Lipinski definition) is 6. The third-order valence-corrected chi connectivity index (χ3v) is 5.02. The second kappa shape index (κ2) is 11.4. The summed E-state index contributed by atoms with van der Waals surface area (Å²) >= 11 is 0. The van der Waals surface area contributed by atoms with Crippen molar-refractivity contribution in [2.45, 2.75) is 13.3 Å². The highest BCUT2D eigenvalue weighted by molar-refractivity contribution is 5.73. The van der Waals surface area contributed by atoms with Gasteiger partial charge in [-0.05, 0) is 44.2 Å². The zero-order valence-electron chi connectivity index (χ0n) is 18.0. The first kappa shape index (κ1) is 23.4. The van der Waals surface area contributed by atoms with E-state index in [-0.39, 0.29) is 0 Å². The van der Waals surface area contributed by atoms with Crippen LogP contribution in [0.15, 0.2) is 54.9 Å². The third kappa shape index (κ3) is 6.89. The predicted molar refractivity (Wildman–Crippen MR) is 121 cm³/mol. The van der Waals surface area contributed by atoms with Crippen LogP contribution in [-0.4, -0.2) is 65.8 Å². The molecule has 0 radical (unpaired) electrons. The van der Waals surface area contributed by atoms with Crippen LogP contribution in [0.3, 0.4) is 0 Å². The molecule has 1 saturated heterocycles. The van der Waals surface area contributed by atoms with Gasteiger partial charge in [0.15, 0.2) is 5.82 Å². The Labute approximate surface area is 178 Å². The highest BCUT2D eigenvalue weighted by atomic mass is 19.1. The second-order valence-corrected chi connectivity index (χ2v) is 7.37. The van der Waals surface area contributed by atoms with Crippen molar-refractivity contribution in [1.29, 1.82) is 0 Å². The lowest BCUT2D eigenvalue weighted by Crippen LogP contribution is -2.44. The van der Waals surface area contributed by atoms with Gasteiger partial charge < -0.3 is 26.1 Å². The van der Waals surface area contributed by atoms with E-state index in [0.717, 1.165) is 39.1 Å². The van der Waals surface area contributed by atoms with Gasteiger partial charge >= 0.3 is 0 Å². The van der Waals surface area contributed by atoms with Crippen LogP contribution < -0.4 is 11.6 Å². The number of aromatic nitrogens is 2. The van der Waals surface area contributed by atoms with Crippen molar-refractivity contribution >= 4 is 11.6 Å². The fourth-order valence-corrected chi connectivity index (χ4v) is 3.01. The van der Waals surface area contributed by atoms with E-state index in [9.17, 15) is 4.39 Å². The number of halogens is 1. The number of nitrogens with zero attached hydrogens (tertiary/aromatic N) is 4. The molecule has 2 rings (SSSR count). The van der Waals surface area contributed by atoms with Gasteiger partial charge in [0.1, 0.15) is 11.6 Å². The molecule has 1 fully saturated rings. The van der Waals surface area contributed by atoms with Gasteiger partial charge in [0.05, 0.1) is 18.5 Å². The van der Waals surface area contributed by atoms with Crippen molar-refractivity contribution in [2.75, 3.05) is 52.2 Å². The van der Waals surface area contributed by atoms with E-state index < -0.39 is 5.83 Å². The van der Waals surface area contributed by atoms with Gasteiger partial charge in [0.2, 0.25) is 0 Å². The van der Waals surface area contributed by atoms with Gasteiger partial charge in [-0.2, -0.15) is 0 Å². The molecule has 0 spiro atoms. The van der Waals surface area contributed by atoms with Gasteiger partial charge in [-0.15, -0.1) is 0 Å². The lowest BCUT2D eigenvalue weighted by molar-refractivity contribution is 0.137. The summed E-state index contributed by atoms with van der Waals surface area (Å²) in [6.07, 6.45) is 8.87. The van der Waals surface area contributed by atoms with E-state index in [1.807, 2.05) is 0 Å². The third-order valence-electron chi connectivity index (χ3n) is 5.02. The van der Waals surface area contributed by atoms with E-state index in [1.165, 1.54) is 10.9 Å². The number of piperazine rings is 1. The SMILES string of the molecule is C=C(/C=C\c1ncc(C(/C=C(/C)C(=C)F)=C/N)n1N)OCCCN1CCN(C)CC1. The summed E-state index contributed by atoms with van der Waals surface area (Å²) in [4.78, 5) is 9.07. The maximum absolute atomic E-state index is 13.2. The molecule has 0 aromatic carbocycles. The average Bonchev–Trinajstić information content (AvgIpc) is 3.09. The molecule has 1 aromatic rings. The summed E-state index contributed by atoms with van der Waals surface area (Å²) in [5.41, 5.74) is 7.13. The van der Waals surface area contributed by atoms with Crippen LogP contribution in [0.4, 0.5) is 4.39 Å². The lowest BCUT2D eigenvalue weighted by atomic mass is 10.1. The number of hydrogen-bond donors (Lipinski definition) is 2. The predicted octanol–water partition coefficient (Wildman–Crippen LogP) is 2.51. The van der Waals surface area contributed by atoms with Crippen LogP contribution in [0.1, 0.15) is 24.9 Å². The van der Waals surface area contributed by atoms with Crippen molar-refractivity contribution in [3.8, 4) is 0 Å². The van der Waals surface area contributed by atoms with Crippen LogP contribution in [0.5, 0.6) is 0 Å². The van der Waals surface area contributed by atoms with Crippen LogP contribution in [-0.2, 0) is 4.74 Å². The van der Waals surface area contributed by atoms with Crippen molar-refractivity contribution < 1.29 is 9.13 Å². The van der Waals surface area contributed by atoms with Crippen LogP contribution in [0.25, 0.3) is 11.6 Å². The minimum atomic E-state index is -0.529. The number of ether oxygens (including phenoxy) is 1. The molecular formula is C22H33FN6O. The molecule has 4 N–H and O–H groups in total. The van der Waals surface area contributed by atoms with Crippen molar-refractivity contribution in [2.24, 2.45) is 5.73 Å². The molecule has 0 amide bonds. The van der Waals surface area contributed by atoms with Crippen molar-refractivity contribution in [1.82, 2.24) is 19.5 Å². The maximum atomic E-state index is 13.2. The molecule has 8 heteroatoms. The lowest BCUT2D eigenvalue weighted by Gasteiger charge is -2.32. The fraction of sp³-hybridized carbons (Fsp3) is 0.409. The van der Waals surface area contributed by atoms with Gasteiger partial charge in [-0.3, -0.25) is 0 Å². The van der Waals surface area contributed by atoms with E-state index in [0.29, 0.717) is 35.0 Å². The zero-order valence-corrected chi connectivity index (χ0v) is 18.0. The van der Waals surface area contributed by atoms with E-state index in [1.54, 1.807) is 31.3 Å². The van der Waals surface area contributed by atoms with E-state index in [4.69, 9.17) is 16.3 Å². The number of imidazole rings is 1. The summed E-state index contributed by atoms with van der Waals surface area (Å²) in [5, 5.41) is 0. The normalized spacial score (nSPS) is 16.9. The molecule has 164 valence electrons. The topological polar surface area (TPSA) is 85.6 Å². The monoisotopic (exact) mass is 416 g/mol. The maximum Gasteiger partial charge on any atom is 0.151 e. The Bertz CT molecular complexity index is 831. The molecule has 0 atom stereocenters. The number of allylic oxidation sites excluding steroid dienone is 5. The molecule has 0 bridgehead atoms. The molecule has 1 aliphatic heterocycles. The average molecular weight is 417 g/mol. The highest BCUT2D eigenvalue weighted by Gasteiger charge is 2.13. The van der Waals surface area contributed by atoms with Crippen LogP contribution in [0.2, 0.25) is 0 Å². The Morgan fingerprint density at radius 3 is 2.63 bits per heavy atom. The Morgan fingerprint density at radius 1 is 1.30 bits per heavy atom.